The minimum atomic E-state index is 0.170. The first kappa shape index (κ1) is 19.3. The second-order valence-corrected chi connectivity index (χ2v) is 7.58. The topological polar surface area (TPSA) is 56.6 Å². The molecule has 3 aromatic rings. The number of likely N-dealkylation sites (tertiary alicyclic amines) is 1. The van der Waals surface area contributed by atoms with Gasteiger partial charge in [0.05, 0.1) is 38.0 Å². The Balaban J connectivity index is 1.33. The van der Waals surface area contributed by atoms with E-state index in [2.05, 4.69) is 21.7 Å². The number of methoxy groups -OCH3 is 2. The van der Waals surface area contributed by atoms with Crippen molar-refractivity contribution in [3.05, 3.63) is 54.4 Å². The maximum Gasteiger partial charge on any atom is 0.226 e. The number of hydrogen-bond acceptors (Lipinski definition) is 4. The zero-order valence-corrected chi connectivity index (χ0v) is 17.0. The molecule has 152 valence electrons. The van der Waals surface area contributed by atoms with Gasteiger partial charge in [0.1, 0.15) is 0 Å². The number of amides is 1. The summed E-state index contributed by atoms with van der Waals surface area (Å²) in [6.45, 7) is 2.57. The molecule has 1 aromatic heterocycles. The molecule has 0 bridgehead atoms. The molecule has 0 atom stereocenters. The maximum absolute atomic E-state index is 12.8. The Bertz CT molecular complexity index is 990. The summed E-state index contributed by atoms with van der Waals surface area (Å²) in [4.78, 5) is 19.2. The normalized spacial score (nSPS) is 14.9. The van der Waals surface area contributed by atoms with Gasteiger partial charge in [0.25, 0.3) is 0 Å². The molecule has 0 radical (unpaired) electrons. The van der Waals surface area contributed by atoms with Crippen molar-refractivity contribution in [2.75, 3.05) is 27.3 Å². The molecular formula is C23H27N3O3. The molecule has 0 unspecified atom stereocenters. The number of para-hydroxylation sites is 2. The molecule has 0 aliphatic carbocycles. The number of hydrogen-bond donors (Lipinski definition) is 0. The SMILES string of the molecule is COc1ccc(CC(=O)N2CCC(Cn3cnc4ccccc43)CC2)cc1OC. The molecule has 1 aliphatic heterocycles. The molecule has 1 saturated heterocycles. The zero-order valence-electron chi connectivity index (χ0n) is 17.0. The average molecular weight is 393 g/mol. The summed E-state index contributed by atoms with van der Waals surface area (Å²) in [6.07, 6.45) is 4.35. The van der Waals surface area contributed by atoms with E-state index in [0.29, 0.717) is 23.8 Å². The fourth-order valence-electron chi connectivity index (χ4n) is 4.08. The summed E-state index contributed by atoms with van der Waals surface area (Å²) in [5, 5.41) is 0. The minimum Gasteiger partial charge on any atom is -0.493 e. The van der Waals surface area contributed by atoms with Crippen LogP contribution in [0.15, 0.2) is 48.8 Å². The van der Waals surface area contributed by atoms with E-state index >= 15 is 0 Å². The van der Waals surface area contributed by atoms with Crippen LogP contribution in [0.5, 0.6) is 11.5 Å². The van der Waals surface area contributed by atoms with Crippen LogP contribution in [0.3, 0.4) is 0 Å². The molecule has 6 heteroatoms. The van der Waals surface area contributed by atoms with Crippen molar-refractivity contribution in [2.24, 2.45) is 5.92 Å². The lowest BCUT2D eigenvalue weighted by atomic mass is 9.96. The summed E-state index contributed by atoms with van der Waals surface area (Å²) >= 11 is 0. The van der Waals surface area contributed by atoms with Gasteiger partial charge in [0, 0.05) is 19.6 Å². The molecule has 2 heterocycles. The van der Waals surface area contributed by atoms with Gasteiger partial charge in [-0.05, 0) is 48.6 Å². The molecule has 4 rings (SSSR count). The van der Waals surface area contributed by atoms with E-state index in [4.69, 9.17) is 9.47 Å². The molecular weight excluding hydrogens is 366 g/mol. The van der Waals surface area contributed by atoms with Crippen LogP contribution in [0.4, 0.5) is 0 Å². The second kappa shape index (κ2) is 8.55. The average Bonchev–Trinajstić information content (AvgIpc) is 3.17. The molecule has 0 spiro atoms. The highest BCUT2D eigenvalue weighted by molar-refractivity contribution is 5.79. The van der Waals surface area contributed by atoms with E-state index in [9.17, 15) is 4.79 Å². The third kappa shape index (κ3) is 4.21. The Kier molecular flexibility index (Phi) is 5.69. The van der Waals surface area contributed by atoms with E-state index in [1.54, 1.807) is 14.2 Å². The molecule has 1 fully saturated rings. The van der Waals surface area contributed by atoms with Crippen LogP contribution >= 0.6 is 0 Å². The molecule has 6 nitrogen and oxygen atoms in total. The van der Waals surface area contributed by atoms with Crippen LogP contribution in [-0.4, -0.2) is 47.7 Å². The standard InChI is InChI=1S/C23H27N3O3/c1-28-21-8-7-18(13-22(21)29-2)14-23(27)25-11-9-17(10-12-25)15-26-16-24-19-5-3-4-6-20(19)26/h3-8,13,16-17H,9-12,14-15H2,1-2H3. The van der Waals surface area contributed by atoms with Crippen molar-refractivity contribution >= 4 is 16.9 Å². The number of nitrogens with zero attached hydrogens (tertiary/aromatic N) is 3. The van der Waals surface area contributed by atoms with Gasteiger partial charge in [0.15, 0.2) is 11.5 Å². The maximum atomic E-state index is 12.8. The first-order valence-electron chi connectivity index (χ1n) is 10.1. The van der Waals surface area contributed by atoms with Gasteiger partial charge < -0.3 is 18.9 Å². The van der Waals surface area contributed by atoms with Crippen LogP contribution in [0.2, 0.25) is 0 Å². The third-order valence-electron chi connectivity index (χ3n) is 5.75. The largest absolute Gasteiger partial charge is 0.493 e. The lowest BCUT2D eigenvalue weighted by Gasteiger charge is -2.32. The van der Waals surface area contributed by atoms with Gasteiger partial charge >= 0.3 is 0 Å². The predicted molar refractivity (Wildman–Crippen MR) is 112 cm³/mol. The number of piperidine rings is 1. The quantitative estimate of drug-likeness (QED) is 0.643. The predicted octanol–water partition coefficient (Wildman–Crippen LogP) is 3.53. The summed E-state index contributed by atoms with van der Waals surface area (Å²) in [5.74, 6) is 2.07. The van der Waals surface area contributed by atoms with Crippen molar-refractivity contribution in [2.45, 2.75) is 25.8 Å². The summed E-state index contributed by atoms with van der Waals surface area (Å²) in [5.41, 5.74) is 3.16. The highest BCUT2D eigenvalue weighted by Crippen LogP contribution is 2.28. The van der Waals surface area contributed by atoms with Crippen molar-refractivity contribution in [3.63, 3.8) is 0 Å². The Morgan fingerprint density at radius 1 is 1.07 bits per heavy atom. The Labute approximate surface area is 171 Å². The van der Waals surface area contributed by atoms with Crippen LogP contribution in [0, 0.1) is 5.92 Å². The number of carbonyl (C=O) groups is 1. The second-order valence-electron chi connectivity index (χ2n) is 7.58. The molecule has 2 aromatic carbocycles. The monoisotopic (exact) mass is 393 g/mol. The number of imidazole rings is 1. The fraction of sp³-hybridized carbons (Fsp3) is 0.391. The van der Waals surface area contributed by atoms with E-state index < -0.39 is 0 Å². The third-order valence-corrected chi connectivity index (χ3v) is 5.75. The van der Waals surface area contributed by atoms with Gasteiger partial charge in [0.2, 0.25) is 5.91 Å². The van der Waals surface area contributed by atoms with Gasteiger partial charge in [-0.2, -0.15) is 0 Å². The van der Waals surface area contributed by atoms with Gasteiger partial charge in [-0.15, -0.1) is 0 Å². The smallest absolute Gasteiger partial charge is 0.226 e. The number of fused-ring (bicyclic) bond motifs is 1. The number of carbonyl (C=O) groups excluding carboxylic acids is 1. The number of ether oxygens (including phenoxy) is 2. The highest BCUT2D eigenvalue weighted by Gasteiger charge is 2.23. The van der Waals surface area contributed by atoms with Crippen LogP contribution < -0.4 is 9.47 Å². The summed E-state index contributed by atoms with van der Waals surface area (Å²) in [6, 6.07) is 13.9. The molecule has 1 aliphatic rings. The van der Waals surface area contributed by atoms with E-state index in [-0.39, 0.29) is 5.91 Å². The number of rotatable bonds is 6. The lowest BCUT2D eigenvalue weighted by molar-refractivity contribution is -0.131. The van der Waals surface area contributed by atoms with E-state index in [0.717, 1.165) is 43.6 Å². The Hall–Kier alpha value is -3.02. The van der Waals surface area contributed by atoms with Gasteiger partial charge in [-0.25, -0.2) is 4.98 Å². The van der Waals surface area contributed by atoms with Crippen molar-refractivity contribution in [3.8, 4) is 11.5 Å². The van der Waals surface area contributed by atoms with E-state index in [1.807, 2.05) is 41.6 Å². The van der Waals surface area contributed by atoms with E-state index in [1.165, 1.54) is 5.52 Å². The van der Waals surface area contributed by atoms with Crippen LogP contribution in [0.25, 0.3) is 11.0 Å². The first-order chi connectivity index (χ1) is 14.2. The van der Waals surface area contributed by atoms with Crippen molar-refractivity contribution in [1.29, 1.82) is 0 Å². The summed E-state index contributed by atoms with van der Waals surface area (Å²) in [7, 11) is 3.22. The van der Waals surface area contributed by atoms with Gasteiger partial charge in [-0.3, -0.25) is 4.79 Å². The molecule has 0 saturated carbocycles. The van der Waals surface area contributed by atoms with Crippen LogP contribution in [0.1, 0.15) is 18.4 Å². The lowest BCUT2D eigenvalue weighted by Crippen LogP contribution is -2.40. The molecule has 0 N–H and O–H groups in total. The molecule has 1 amide bonds. The summed E-state index contributed by atoms with van der Waals surface area (Å²) < 4.78 is 12.8. The zero-order chi connectivity index (χ0) is 20.2. The molecule has 29 heavy (non-hydrogen) atoms. The fourth-order valence-corrected chi connectivity index (χ4v) is 4.08. The first-order valence-corrected chi connectivity index (χ1v) is 10.1. The number of benzene rings is 2. The van der Waals surface area contributed by atoms with Crippen molar-refractivity contribution in [1.82, 2.24) is 14.5 Å². The number of aromatic nitrogens is 2. The highest BCUT2D eigenvalue weighted by atomic mass is 16.5. The Morgan fingerprint density at radius 3 is 2.59 bits per heavy atom. The van der Waals surface area contributed by atoms with Gasteiger partial charge in [-0.1, -0.05) is 18.2 Å². The van der Waals surface area contributed by atoms with Crippen molar-refractivity contribution < 1.29 is 14.3 Å². The Morgan fingerprint density at radius 2 is 1.83 bits per heavy atom. The minimum absolute atomic E-state index is 0.170. The van der Waals surface area contributed by atoms with Crippen LogP contribution in [-0.2, 0) is 17.8 Å².